The summed E-state index contributed by atoms with van der Waals surface area (Å²) in [5.41, 5.74) is 11.1. The number of nitrogens with zero attached hydrogens (tertiary/aromatic N) is 2. The Morgan fingerprint density at radius 2 is 1.96 bits per heavy atom. The fraction of sp³-hybridized carbons (Fsp3) is 0.667. The molecule has 1 heterocycles. The van der Waals surface area contributed by atoms with Crippen LogP contribution in [-0.2, 0) is 9.59 Å². The number of ketones is 1. The first-order valence-electron chi connectivity index (χ1n) is 7.77. The number of carbonyl (C=O) groups excluding carboxylic acids is 3. The molecular formula is C15H28N6O5S. The highest BCUT2D eigenvalue weighted by atomic mass is 32.2. The highest BCUT2D eigenvalue weighted by molar-refractivity contribution is 7.98. The lowest BCUT2D eigenvalue weighted by atomic mass is 10.1. The number of aliphatic hydroxyl groups excluding tert-OH is 1. The van der Waals surface area contributed by atoms with E-state index in [1.54, 1.807) is 0 Å². The van der Waals surface area contributed by atoms with Crippen molar-refractivity contribution in [2.24, 2.45) is 11.5 Å². The lowest BCUT2D eigenvalue weighted by Gasteiger charge is -2.20. The SMILES string of the molecule is C.CSC[C@H](N)c1noc([C@H](CC(N)=O)NC(=O)N[C@H](C(C)=O)C(C)O)n1. The van der Waals surface area contributed by atoms with Crippen LogP contribution in [0.2, 0.25) is 0 Å². The Balaban J connectivity index is 0.00000676. The zero-order valence-corrected chi connectivity index (χ0v) is 15.6. The molecule has 0 bridgehead atoms. The highest BCUT2D eigenvalue weighted by Crippen LogP contribution is 2.18. The zero-order valence-electron chi connectivity index (χ0n) is 14.8. The van der Waals surface area contributed by atoms with Crippen molar-refractivity contribution in [2.75, 3.05) is 12.0 Å². The van der Waals surface area contributed by atoms with Gasteiger partial charge in [-0.2, -0.15) is 16.7 Å². The van der Waals surface area contributed by atoms with Crippen LogP contribution in [0, 0.1) is 0 Å². The van der Waals surface area contributed by atoms with E-state index in [0.717, 1.165) is 0 Å². The maximum atomic E-state index is 12.1. The standard InChI is InChI=1S/C14H24N6O5S.CH4/c1-6(21)11(7(2)22)18-14(24)17-9(4-10(16)23)13-19-12(20-25-13)8(15)5-26-3;/h6,8-9,11,21H,4-5,15H2,1-3H3,(H2,16,23)(H2,17,18,24);1H4/t6?,8-,9-,11-;/m0./s1. The van der Waals surface area contributed by atoms with Gasteiger partial charge in [0.15, 0.2) is 11.6 Å². The third kappa shape index (κ3) is 7.93. The number of amides is 3. The second-order valence-electron chi connectivity index (χ2n) is 5.72. The van der Waals surface area contributed by atoms with Crippen LogP contribution in [0.25, 0.3) is 0 Å². The molecule has 0 fully saturated rings. The topological polar surface area (TPSA) is 186 Å². The molecule has 154 valence electrons. The van der Waals surface area contributed by atoms with Gasteiger partial charge in [-0.15, -0.1) is 0 Å². The van der Waals surface area contributed by atoms with Gasteiger partial charge >= 0.3 is 6.03 Å². The lowest BCUT2D eigenvalue weighted by Crippen LogP contribution is -2.51. The van der Waals surface area contributed by atoms with E-state index in [1.807, 2.05) is 6.26 Å². The van der Waals surface area contributed by atoms with Crippen molar-refractivity contribution in [1.82, 2.24) is 20.8 Å². The van der Waals surface area contributed by atoms with E-state index in [0.29, 0.717) is 5.75 Å². The van der Waals surface area contributed by atoms with Gasteiger partial charge < -0.3 is 31.7 Å². The van der Waals surface area contributed by atoms with Gasteiger partial charge in [-0.1, -0.05) is 12.6 Å². The number of Topliss-reactive ketones (excluding diaryl/α,β-unsaturated/α-hetero) is 1. The molecule has 1 rings (SSSR count). The molecule has 0 saturated carbocycles. The number of rotatable bonds is 10. The lowest BCUT2D eigenvalue weighted by molar-refractivity contribution is -0.121. The summed E-state index contributed by atoms with van der Waals surface area (Å²) < 4.78 is 5.08. The second-order valence-corrected chi connectivity index (χ2v) is 6.63. The third-order valence-corrected chi connectivity index (χ3v) is 4.04. The van der Waals surface area contributed by atoms with Gasteiger partial charge in [0.25, 0.3) is 0 Å². The molecule has 0 aliphatic carbocycles. The van der Waals surface area contributed by atoms with E-state index < -0.39 is 42.0 Å². The molecule has 27 heavy (non-hydrogen) atoms. The van der Waals surface area contributed by atoms with E-state index in [2.05, 4.69) is 20.8 Å². The first-order chi connectivity index (χ1) is 12.1. The normalized spacial score (nSPS) is 15.0. The van der Waals surface area contributed by atoms with Crippen LogP contribution in [0.4, 0.5) is 4.79 Å². The van der Waals surface area contributed by atoms with Crippen LogP contribution >= 0.6 is 11.8 Å². The summed E-state index contributed by atoms with van der Waals surface area (Å²) in [7, 11) is 0. The zero-order chi connectivity index (χ0) is 19.9. The van der Waals surface area contributed by atoms with Gasteiger partial charge in [-0.3, -0.25) is 9.59 Å². The quantitative estimate of drug-likeness (QED) is 0.346. The molecular weight excluding hydrogens is 376 g/mol. The molecule has 0 radical (unpaired) electrons. The molecule has 0 spiro atoms. The number of primary amides is 1. The Labute approximate surface area is 162 Å². The number of nitrogens with two attached hydrogens (primary N) is 2. The minimum atomic E-state index is -1.10. The summed E-state index contributed by atoms with van der Waals surface area (Å²) in [5.74, 6) is -0.382. The number of aromatic nitrogens is 2. The van der Waals surface area contributed by atoms with Crippen LogP contribution in [-0.4, -0.2) is 57.1 Å². The highest BCUT2D eigenvalue weighted by Gasteiger charge is 2.27. The van der Waals surface area contributed by atoms with E-state index in [-0.39, 0.29) is 25.6 Å². The maximum Gasteiger partial charge on any atom is 0.316 e. The van der Waals surface area contributed by atoms with Crippen molar-refractivity contribution in [2.45, 2.75) is 51.9 Å². The molecule has 0 saturated heterocycles. The van der Waals surface area contributed by atoms with Gasteiger partial charge in [-0.05, 0) is 20.1 Å². The molecule has 0 aliphatic heterocycles. The Bertz CT molecular complexity index is 638. The van der Waals surface area contributed by atoms with Crippen molar-refractivity contribution in [3.8, 4) is 0 Å². The number of hydrogen-bond donors (Lipinski definition) is 5. The summed E-state index contributed by atoms with van der Waals surface area (Å²) >= 11 is 1.50. The smallest absolute Gasteiger partial charge is 0.316 e. The molecule has 0 aromatic carbocycles. The Morgan fingerprint density at radius 1 is 1.33 bits per heavy atom. The van der Waals surface area contributed by atoms with Gasteiger partial charge in [0.1, 0.15) is 12.1 Å². The Hall–Kier alpha value is -2.18. The Kier molecular flexibility index (Phi) is 10.6. The maximum absolute atomic E-state index is 12.1. The number of nitrogens with one attached hydrogen (secondary N) is 2. The number of aliphatic hydroxyl groups is 1. The number of hydrogen-bond acceptors (Lipinski definition) is 9. The summed E-state index contributed by atoms with van der Waals surface area (Å²) in [4.78, 5) is 39.0. The van der Waals surface area contributed by atoms with Crippen LogP contribution < -0.4 is 22.1 Å². The molecule has 7 N–H and O–H groups in total. The van der Waals surface area contributed by atoms with Crippen LogP contribution in [0.5, 0.6) is 0 Å². The van der Waals surface area contributed by atoms with Crippen molar-refractivity contribution in [1.29, 1.82) is 0 Å². The molecule has 1 aromatic rings. The van der Waals surface area contributed by atoms with Crippen molar-refractivity contribution < 1.29 is 24.0 Å². The van der Waals surface area contributed by atoms with Gasteiger partial charge in [0.05, 0.1) is 18.6 Å². The molecule has 1 unspecified atom stereocenters. The Morgan fingerprint density at radius 3 is 2.44 bits per heavy atom. The van der Waals surface area contributed by atoms with E-state index in [4.69, 9.17) is 16.0 Å². The molecule has 11 nitrogen and oxygen atoms in total. The largest absolute Gasteiger partial charge is 0.391 e. The van der Waals surface area contributed by atoms with Gasteiger partial charge in [0.2, 0.25) is 11.8 Å². The minimum absolute atomic E-state index is 0. The van der Waals surface area contributed by atoms with E-state index in [1.165, 1.54) is 25.6 Å². The van der Waals surface area contributed by atoms with Crippen molar-refractivity contribution >= 4 is 29.5 Å². The van der Waals surface area contributed by atoms with E-state index >= 15 is 0 Å². The van der Waals surface area contributed by atoms with Crippen LogP contribution in [0.3, 0.4) is 0 Å². The van der Waals surface area contributed by atoms with Crippen molar-refractivity contribution in [3.63, 3.8) is 0 Å². The molecule has 1 aromatic heterocycles. The van der Waals surface area contributed by atoms with Crippen molar-refractivity contribution in [3.05, 3.63) is 11.7 Å². The summed E-state index contributed by atoms with van der Waals surface area (Å²) in [6, 6.07) is -3.37. The first kappa shape index (κ1) is 24.8. The first-order valence-corrected chi connectivity index (χ1v) is 9.16. The number of urea groups is 1. The van der Waals surface area contributed by atoms with Gasteiger partial charge in [0, 0.05) is 5.75 Å². The average Bonchev–Trinajstić information content (AvgIpc) is 3.01. The summed E-state index contributed by atoms with van der Waals surface area (Å²) in [6.45, 7) is 2.60. The molecule has 0 aliphatic rings. The molecule has 3 amide bonds. The second kappa shape index (κ2) is 11.5. The number of thioether (sulfide) groups is 1. The predicted octanol–water partition coefficient (Wildman–Crippen LogP) is -0.377. The predicted molar refractivity (Wildman–Crippen MR) is 101 cm³/mol. The monoisotopic (exact) mass is 404 g/mol. The van der Waals surface area contributed by atoms with Crippen LogP contribution in [0.1, 0.15) is 51.5 Å². The molecule has 4 atom stereocenters. The molecule has 12 heteroatoms. The number of carbonyl (C=O) groups is 3. The average molecular weight is 404 g/mol. The van der Waals surface area contributed by atoms with E-state index in [9.17, 15) is 19.5 Å². The minimum Gasteiger partial charge on any atom is -0.391 e. The fourth-order valence-electron chi connectivity index (χ4n) is 2.10. The third-order valence-electron chi connectivity index (χ3n) is 3.35. The van der Waals surface area contributed by atoms with Gasteiger partial charge in [-0.25, -0.2) is 4.79 Å². The fourth-order valence-corrected chi connectivity index (χ4v) is 2.61. The van der Waals surface area contributed by atoms with Crippen LogP contribution in [0.15, 0.2) is 4.52 Å². The summed E-state index contributed by atoms with van der Waals surface area (Å²) in [6.07, 6.45) is 0.482. The summed E-state index contributed by atoms with van der Waals surface area (Å²) in [5, 5.41) is 18.0.